The fourth-order valence-electron chi connectivity index (χ4n) is 2.86. The molecule has 0 bridgehead atoms. The van der Waals surface area contributed by atoms with Crippen molar-refractivity contribution in [2.24, 2.45) is 4.99 Å². The highest BCUT2D eigenvalue weighted by Gasteiger charge is 2.04. The van der Waals surface area contributed by atoms with Crippen molar-refractivity contribution in [2.45, 2.75) is 12.8 Å². The van der Waals surface area contributed by atoms with Gasteiger partial charge in [0.1, 0.15) is 11.4 Å². The molecule has 2 heterocycles. The number of benzene rings is 1. The summed E-state index contributed by atoms with van der Waals surface area (Å²) in [5.41, 5.74) is 3.22. The van der Waals surface area contributed by atoms with Crippen molar-refractivity contribution in [2.75, 3.05) is 27.2 Å². The number of imidazole rings is 1. The number of fused-ring (bicyclic) bond motifs is 1. The van der Waals surface area contributed by atoms with Gasteiger partial charge in [-0.3, -0.25) is 4.99 Å². The molecule has 3 rings (SSSR count). The predicted octanol–water partition coefficient (Wildman–Crippen LogP) is 2.91. The number of aromatic nitrogens is 2. The molecule has 2 aromatic heterocycles. The molecule has 0 amide bonds. The van der Waals surface area contributed by atoms with E-state index in [4.69, 9.17) is 4.74 Å². The second kappa shape index (κ2) is 10.8. The quantitative estimate of drug-likeness (QED) is 0.311. The van der Waals surface area contributed by atoms with E-state index in [1.54, 1.807) is 14.2 Å². The Kier molecular flexibility index (Phi) is 8.38. The average molecular weight is 479 g/mol. The van der Waals surface area contributed by atoms with E-state index in [2.05, 4.69) is 32.9 Å². The van der Waals surface area contributed by atoms with Crippen LogP contribution in [0.25, 0.3) is 5.65 Å². The Balaban J connectivity index is 0.00000261. The molecule has 3 aromatic rings. The number of para-hydroxylation sites is 1. The molecule has 0 saturated carbocycles. The highest BCUT2D eigenvalue weighted by molar-refractivity contribution is 14.0. The lowest BCUT2D eigenvalue weighted by atomic mass is 10.1. The van der Waals surface area contributed by atoms with Gasteiger partial charge in [-0.2, -0.15) is 0 Å². The highest BCUT2D eigenvalue weighted by Crippen LogP contribution is 2.17. The summed E-state index contributed by atoms with van der Waals surface area (Å²) >= 11 is 0. The van der Waals surface area contributed by atoms with E-state index < -0.39 is 0 Å². The van der Waals surface area contributed by atoms with Crippen LogP contribution in [0.1, 0.15) is 11.3 Å². The normalized spacial score (nSPS) is 11.1. The summed E-state index contributed by atoms with van der Waals surface area (Å²) in [5.74, 6) is 1.72. The molecule has 0 aliphatic carbocycles. The maximum absolute atomic E-state index is 5.39. The lowest BCUT2D eigenvalue weighted by Gasteiger charge is -2.12. The zero-order valence-electron chi connectivity index (χ0n) is 15.7. The molecule has 27 heavy (non-hydrogen) atoms. The fraction of sp³-hybridized carbons (Fsp3) is 0.300. The van der Waals surface area contributed by atoms with Crippen molar-refractivity contribution in [1.82, 2.24) is 20.0 Å². The van der Waals surface area contributed by atoms with Gasteiger partial charge in [-0.25, -0.2) is 4.98 Å². The molecule has 2 N–H and O–H groups in total. The van der Waals surface area contributed by atoms with Crippen LogP contribution in [-0.4, -0.2) is 42.6 Å². The second-order valence-electron chi connectivity index (χ2n) is 5.94. The predicted molar refractivity (Wildman–Crippen MR) is 120 cm³/mol. The van der Waals surface area contributed by atoms with E-state index in [0.29, 0.717) is 0 Å². The molecule has 0 aliphatic rings. The third kappa shape index (κ3) is 5.85. The Bertz CT molecular complexity index is 844. The summed E-state index contributed by atoms with van der Waals surface area (Å²) in [6.07, 6.45) is 5.79. The van der Waals surface area contributed by atoms with Gasteiger partial charge in [-0.15, -0.1) is 24.0 Å². The summed E-state index contributed by atoms with van der Waals surface area (Å²) in [6.45, 7) is 1.56. The number of hydrogen-bond acceptors (Lipinski definition) is 3. The number of nitrogens with one attached hydrogen (secondary N) is 2. The van der Waals surface area contributed by atoms with Crippen LogP contribution >= 0.6 is 24.0 Å². The van der Waals surface area contributed by atoms with E-state index in [-0.39, 0.29) is 24.0 Å². The molecule has 0 aliphatic heterocycles. The summed E-state index contributed by atoms with van der Waals surface area (Å²) in [4.78, 5) is 8.88. The van der Waals surface area contributed by atoms with Crippen molar-refractivity contribution < 1.29 is 4.74 Å². The van der Waals surface area contributed by atoms with Gasteiger partial charge in [-0.05, 0) is 30.2 Å². The maximum Gasteiger partial charge on any atom is 0.190 e. The van der Waals surface area contributed by atoms with Gasteiger partial charge >= 0.3 is 0 Å². The van der Waals surface area contributed by atoms with Gasteiger partial charge in [0.05, 0.1) is 12.8 Å². The summed E-state index contributed by atoms with van der Waals surface area (Å²) in [7, 11) is 3.48. The first-order chi connectivity index (χ1) is 12.8. The number of aliphatic imine (C=N–C) groups is 1. The first-order valence-electron chi connectivity index (χ1n) is 8.79. The Hall–Kier alpha value is -2.29. The Morgan fingerprint density at radius 3 is 2.56 bits per heavy atom. The first-order valence-corrected chi connectivity index (χ1v) is 8.79. The zero-order valence-corrected chi connectivity index (χ0v) is 18.0. The number of halogens is 1. The van der Waals surface area contributed by atoms with Gasteiger partial charge in [0, 0.05) is 39.0 Å². The molecule has 0 unspecified atom stereocenters. The van der Waals surface area contributed by atoms with Crippen LogP contribution in [0.4, 0.5) is 0 Å². The number of ether oxygens (including phenoxy) is 1. The van der Waals surface area contributed by atoms with Gasteiger partial charge < -0.3 is 19.8 Å². The van der Waals surface area contributed by atoms with Crippen LogP contribution in [0, 0.1) is 0 Å². The third-order valence-corrected chi connectivity index (χ3v) is 4.19. The van der Waals surface area contributed by atoms with Crippen molar-refractivity contribution in [3.8, 4) is 5.75 Å². The number of hydrogen-bond donors (Lipinski definition) is 2. The summed E-state index contributed by atoms with van der Waals surface area (Å²) in [5, 5.41) is 6.68. The van der Waals surface area contributed by atoms with Crippen molar-refractivity contribution in [1.29, 1.82) is 0 Å². The lowest BCUT2D eigenvalue weighted by Crippen LogP contribution is -2.39. The van der Waals surface area contributed by atoms with Crippen LogP contribution in [0.5, 0.6) is 5.75 Å². The minimum atomic E-state index is 0. The lowest BCUT2D eigenvalue weighted by molar-refractivity contribution is 0.409. The molecule has 0 saturated heterocycles. The monoisotopic (exact) mass is 479 g/mol. The molecular formula is C20H26IN5O. The Labute approximate surface area is 177 Å². The Morgan fingerprint density at radius 2 is 1.81 bits per heavy atom. The van der Waals surface area contributed by atoms with Gasteiger partial charge in [0.2, 0.25) is 0 Å². The van der Waals surface area contributed by atoms with Crippen molar-refractivity contribution >= 4 is 35.6 Å². The topological polar surface area (TPSA) is 63.0 Å². The number of guanidine groups is 1. The summed E-state index contributed by atoms with van der Waals surface area (Å²) < 4.78 is 7.42. The number of nitrogens with zero attached hydrogens (tertiary/aromatic N) is 3. The van der Waals surface area contributed by atoms with E-state index in [1.807, 2.05) is 47.0 Å². The second-order valence-corrected chi connectivity index (χ2v) is 5.94. The van der Waals surface area contributed by atoms with Crippen molar-refractivity contribution in [3.63, 3.8) is 0 Å². The third-order valence-electron chi connectivity index (χ3n) is 4.19. The molecule has 144 valence electrons. The maximum atomic E-state index is 5.39. The average Bonchev–Trinajstić information content (AvgIpc) is 3.10. The number of pyridine rings is 1. The highest BCUT2D eigenvalue weighted by atomic mass is 127. The van der Waals surface area contributed by atoms with Gasteiger partial charge in [0.25, 0.3) is 0 Å². The minimum Gasteiger partial charge on any atom is -0.496 e. The minimum absolute atomic E-state index is 0. The van der Waals surface area contributed by atoms with E-state index in [1.165, 1.54) is 5.56 Å². The first kappa shape index (κ1) is 21.0. The van der Waals surface area contributed by atoms with Crippen LogP contribution in [0.3, 0.4) is 0 Å². The largest absolute Gasteiger partial charge is 0.496 e. The molecule has 0 atom stereocenters. The fourth-order valence-corrected chi connectivity index (χ4v) is 2.86. The zero-order chi connectivity index (χ0) is 18.2. The SMILES string of the molecule is CN=C(NCCc1cn2ccccc2n1)NCCc1ccccc1OC.I. The smallest absolute Gasteiger partial charge is 0.190 e. The van der Waals surface area contributed by atoms with E-state index in [9.17, 15) is 0 Å². The van der Waals surface area contributed by atoms with Gasteiger partial charge in [-0.1, -0.05) is 24.3 Å². The van der Waals surface area contributed by atoms with Gasteiger partial charge in [0.15, 0.2) is 5.96 Å². The standard InChI is InChI=1S/C20H25N5O.HI/c1-21-20(22-12-10-16-7-3-4-8-18(16)26-2)23-13-11-17-15-25-14-6-5-9-19(25)24-17;/h3-9,14-15H,10-13H2,1-2H3,(H2,21,22,23);1H. The van der Waals surface area contributed by atoms with Crippen molar-refractivity contribution in [3.05, 3.63) is 66.1 Å². The van der Waals surface area contributed by atoms with Crippen LogP contribution in [0.2, 0.25) is 0 Å². The molecule has 6 nitrogen and oxygen atoms in total. The van der Waals surface area contributed by atoms with E-state index in [0.717, 1.165) is 49.0 Å². The number of methoxy groups -OCH3 is 1. The molecule has 7 heteroatoms. The van der Waals surface area contributed by atoms with Crippen LogP contribution in [0.15, 0.2) is 59.9 Å². The molecule has 1 aromatic carbocycles. The Morgan fingerprint density at radius 1 is 1.07 bits per heavy atom. The number of rotatable bonds is 7. The molecule has 0 radical (unpaired) electrons. The molecule has 0 spiro atoms. The molecule has 0 fully saturated rings. The van der Waals surface area contributed by atoms with Crippen LogP contribution in [-0.2, 0) is 12.8 Å². The van der Waals surface area contributed by atoms with Crippen LogP contribution < -0.4 is 15.4 Å². The van der Waals surface area contributed by atoms with E-state index >= 15 is 0 Å². The summed E-state index contributed by atoms with van der Waals surface area (Å²) in [6, 6.07) is 14.1. The molecular weight excluding hydrogens is 453 g/mol.